The molecule has 0 bridgehead atoms. The molecule has 0 radical (unpaired) electrons. The molecule has 1 aliphatic heterocycles. The second kappa shape index (κ2) is 6.89. The number of aliphatic hydroxyl groups excluding tert-OH is 1. The minimum absolute atomic E-state index is 0.0109. The van der Waals surface area contributed by atoms with E-state index in [2.05, 4.69) is 4.98 Å². The second-order valence-corrected chi connectivity index (χ2v) is 7.50. The molecule has 1 aliphatic rings. The molecule has 0 aliphatic carbocycles. The van der Waals surface area contributed by atoms with Gasteiger partial charge in [-0.2, -0.15) is 0 Å². The number of anilines is 1. The zero-order valence-electron chi connectivity index (χ0n) is 15.6. The molecule has 0 saturated carbocycles. The van der Waals surface area contributed by atoms with Crippen LogP contribution >= 0.6 is 11.3 Å². The van der Waals surface area contributed by atoms with Gasteiger partial charge in [0.1, 0.15) is 17.6 Å². The number of ketones is 1. The summed E-state index contributed by atoms with van der Waals surface area (Å²) < 4.78 is 16.7. The second-order valence-electron chi connectivity index (χ2n) is 6.49. The molecule has 9 heteroatoms. The van der Waals surface area contributed by atoms with Crippen LogP contribution in [-0.4, -0.2) is 28.9 Å². The highest BCUT2D eigenvalue weighted by Crippen LogP contribution is 2.44. The van der Waals surface area contributed by atoms with Crippen LogP contribution in [0.25, 0.3) is 10.2 Å². The average Bonchev–Trinajstić information content (AvgIpc) is 3.54. The summed E-state index contributed by atoms with van der Waals surface area (Å²) in [5, 5.41) is 10.9. The summed E-state index contributed by atoms with van der Waals surface area (Å²) in [5.74, 6) is -1.01. The third-order valence-corrected chi connectivity index (χ3v) is 5.82. The summed E-state index contributed by atoms with van der Waals surface area (Å²) in [5.41, 5.74) is 0.536. The Morgan fingerprint density at radius 2 is 2.00 bits per heavy atom. The molecule has 150 valence electrons. The zero-order chi connectivity index (χ0) is 20.8. The largest absolute Gasteiger partial charge is 0.503 e. The fourth-order valence-electron chi connectivity index (χ4n) is 3.41. The van der Waals surface area contributed by atoms with Gasteiger partial charge in [0.25, 0.3) is 5.91 Å². The van der Waals surface area contributed by atoms with Gasteiger partial charge in [0.05, 0.1) is 35.4 Å². The Balaban J connectivity index is 1.65. The maximum atomic E-state index is 13.0. The summed E-state index contributed by atoms with van der Waals surface area (Å²) in [6.45, 7) is 0. The topological polar surface area (TPSA) is 106 Å². The first-order valence-electron chi connectivity index (χ1n) is 8.91. The van der Waals surface area contributed by atoms with Crippen molar-refractivity contribution in [1.29, 1.82) is 0 Å². The minimum atomic E-state index is -0.979. The third-order valence-electron chi connectivity index (χ3n) is 4.80. The fraction of sp³-hybridized carbons (Fsp3) is 0.0952. The van der Waals surface area contributed by atoms with Crippen LogP contribution in [0, 0.1) is 0 Å². The molecule has 1 amide bonds. The van der Waals surface area contributed by atoms with Gasteiger partial charge >= 0.3 is 0 Å². The number of furan rings is 2. The molecule has 3 aromatic heterocycles. The Labute approximate surface area is 173 Å². The van der Waals surface area contributed by atoms with Crippen LogP contribution in [-0.2, 0) is 4.79 Å². The van der Waals surface area contributed by atoms with E-state index in [1.54, 1.807) is 43.5 Å². The monoisotopic (exact) mass is 422 g/mol. The number of aromatic nitrogens is 1. The standard InChI is InChI=1S/C21H14N2O6S/c1-27-11-6-7-12-15(10-11)30-21(22-12)23-17(13-4-2-8-28-13)16(19(25)20(23)26)18(24)14-5-3-9-29-14/h2-10,17,25H,1H3/t17-/m0/s1. The molecule has 1 N–H and O–H groups in total. The van der Waals surface area contributed by atoms with Crippen LogP contribution < -0.4 is 9.64 Å². The lowest BCUT2D eigenvalue weighted by atomic mass is 10.00. The molecule has 1 aromatic carbocycles. The molecular weight excluding hydrogens is 408 g/mol. The fourth-order valence-corrected chi connectivity index (χ4v) is 4.43. The summed E-state index contributed by atoms with van der Waals surface area (Å²) in [4.78, 5) is 31.9. The number of benzene rings is 1. The van der Waals surface area contributed by atoms with Gasteiger partial charge in [-0.15, -0.1) is 0 Å². The number of aliphatic hydroxyl groups is 1. The number of amides is 1. The van der Waals surface area contributed by atoms with E-state index in [0.29, 0.717) is 22.2 Å². The Morgan fingerprint density at radius 1 is 1.20 bits per heavy atom. The number of hydrogen-bond donors (Lipinski definition) is 1. The van der Waals surface area contributed by atoms with Gasteiger partial charge in [-0.1, -0.05) is 11.3 Å². The molecule has 0 fully saturated rings. The zero-order valence-corrected chi connectivity index (χ0v) is 16.4. The van der Waals surface area contributed by atoms with Crippen molar-refractivity contribution in [2.24, 2.45) is 0 Å². The Bertz CT molecular complexity index is 1290. The van der Waals surface area contributed by atoms with Crippen LogP contribution in [0.4, 0.5) is 5.13 Å². The number of fused-ring (bicyclic) bond motifs is 1. The molecule has 1 atom stereocenters. The molecule has 4 aromatic rings. The summed E-state index contributed by atoms with van der Waals surface area (Å²) in [6.07, 6.45) is 2.79. The number of thiazole rings is 1. The number of methoxy groups -OCH3 is 1. The van der Waals surface area contributed by atoms with E-state index in [4.69, 9.17) is 13.6 Å². The first-order chi connectivity index (χ1) is 14.6. The predicted molar refractivity (Wildman–Crippen MR) is 108 cm³/mol. The van der Waals surface area contributed by atoms with Crippen molar-refractivity contribution in [3.63, 3.8) is 0 Å². The van der Waals surface area contributed by atoms with Crippen LogP contribution in [0.5, 0.6) is 5.75 Å². The highest BCUT2D eigenvalue weighted by molar-refractivity contribution is 7.22. The van der Waals surface area contributed by atoms with Crippen molar-refractivity contribution in [3.05, 3.63) is 77.8 Å². The lowest BCUT2D eigenvalue weighted by molar-refractivity contribution is -0.117. The minimum Gasteiger partial charge on any atom is -0.503 e. The highest BCUT2D eigenvalue weighted by Gasteiger charge is 2.47. The Morgan fingerprint density at radius 3 is 2.70 bits per heavy atom. The number of rotatable bonds is 5. The van der Waals surface area contributed by atoms with Gasteiger partial charge in [-0.3, -0.25) is 14.5 Å². The number of ether oxygens (including phenoxy) is 1. The predicted octanol–water partition coefficient (Wildman–Crippen LogP) is 4.27. The van der Waals surface area contributed by atoms with E-state index in [1.165, 1.54) is 34.8 Å². The van der Waals surface area contributed by atoms with Gasteiger partial charge in [0, 0.05) is 0 Å². The first kappa shape index (κ1) is 18.2. The van der Waals surface area contributed by atoms with E-state index in [9.17, 15) is 14.7 Å². The summed E-state index contributed by atoms with van der Waals surface area (Å²) >= 11 is 1.24. The van der Waals surface area contributed by atoms with Crippen LogP contribution in [0.3, 0.4) is 0 Å². The molecule has 8 nitrogen and oxygen atoms in total. The summed E-state index contributed by atoms with van der Waals surface area (Å²) in [6, 6.07) is 10.7. The smallest absolute Gasteiger partial charge is 0.296 e. The molecule has 5 rings (SSSR count). The Kier molecular flexibility index (Phi) is 4.18. The van der Waals surface area contributed by atoms with Gasteiger partial charge in [0.2, 0.25) is 5.78 Å². The molecule has 4 heterocycles. The van der Waals surface area contributed by atoms with Crippen molar-refractivity contribution in [2.75, 3.05) is 12.0 Å². The van der Waals surface area contributed by atoms with E-state index < -0.39 is 23.5 Å². The molecule has 0 saturated heterocycles. The van der Waals surface area contributed by atoms with E-state index in [1.807, 2.05) is 0 Å². The lowest BCUT2D eigenvalue weighted by Gasteiger charge is -2.21. The average molecular weight is 422 g/mol. The van der Waals surface area contributed by atoms with E-state index in [-0.39, 0.29) is 11.3 Å². The molecule has 30 heavy (non-hydrogen) atoms. The number of Topliss-reactive ketones (excluding diaryl/α,β-unsaturated/α-hetero) is 1. The van der Waals surface area contributed by atoms with Crippen molar-refractivity contribution < 1.29 is 28.3 Å². The van der Waals surface area contributed by atoms with Crippen molar-refractivity contribution in [1.82, 2.24) is 4.98 Å². The number of carbonyl (C=O) groups excluding carboxylic acids is 2. The van der Waals surface area contributed by atoms with Crippen LogP contribution in [0.2, 0.25) is 0 Å². The van der Waals surface area contributed by atoms with Crippen molar-refractivity contribution in [3.8, 4) is 5.75 Å². The van der Waals surface area contributed by atoms with Crippen molar-refractivity contribution >= 4 is 38.4 Å². The number of hydrogen-bond acceptors (Lipinski definition) is 8. The maximum absolute atomic E-state index is 13.0. The first-order valence-corrected chi connectivity index (χ1v) is 9.73. The third kappa shape index (κ3) is 2.71. The Hall–Kier alpha value is -3.85. The van der Waals surface area contributed by atoms with Gasteiger partial charge in [-0.25, -0.2) is 4.98 Å². The van der Waals surface area contributed by atoms with Crippen molar-refractivity contribution in [2.45, 2.75) is 6.04 Å². The lowest BCUT2D eigenvalue weighted by Crippen LogP contribution is -2.30. The van der Waals surface area contributed by atoms with E-state index in [0.717, 1.165) is 4.70 Å². The van der Waals surface area contributed by atoms with Gasteiger partial charge < -0.3 is 18.7 Å². The normalized spacial score (nSPS) is 16.6. The SMILES string of the molecule is COc1ccc2nc(N3C(=O)C(O)=C(C(=O)c4ccco4)[C@@H]3c3ccco3)sc2c1. The molecule has 0 spiro atoms. The van der Waals surface area contributed by atoms with E-state index >= 15 is 0 Å². The van der Waals surface area contributed by atoms with Gasteiger partial charge in [-0.05, 0) is 42.5 Å². The van der Waals surface area contributed by atoms with Gasteiger partial charge in [0.15, 0.2) is 16.7 Å². The molecule has 0 unspecified atom stereocenters. The number of carbonyl (C=O) groups is 2. The maximum Gasteiger partial charge on any atom is 0.296 e. The number of nitrogens with zero attached hydrogens (tertiary/aromatic N) is 2. The quantitative estimate of drug-likeness (QED) is 0.479. The van der Waals surface area contributed by atoms with Crippen LogP contribution in [0.15, 0.2) is 75.2 Å². The summed E-state index contributed by atoms with van der Waals surface area (Å²) in [7, 11) is 1.56. The highest BCUT2D eigenvalue weighted by atomic mass is 32.1. The van der Waals surface area contributed by atoms with Crippen LogP contribution in [0.1, 0.15) is 22.4 Å². The molecular formula is C21H14N2O6S.